The second-order valence-electron chi connectivity index (χ2n) is 9.97. The van der Waals surface area contributed by atoms with Gasteiger partial charge in [-0.15, -0.1) is 11.3 Å². The minimum absolute atomic E-state index is 0.147. The average Bonchev–Trinajstić information content (AvgIpc) is 3.22. The normalized spacial score (nSPS) is 28.3. The second-order valence-corrected chi connectivity index (χ2v) is 11.2. The van der Waals surface area contributed by atoms with E-state index in [0.717, 1.165) is 17.8 Å². The minimum Gasteiger partial charge on any atom is -0.332 e. The lowest BCUT2D eigenvalue weighted by atomic mass is 9.49. The first-order chi connectivity index (χ1) is 15.5. The van der Waals surface area contributed by atoms with Gasteiger partial charge in [0.05, 0.1) is 16.6 Å². The highest BCUT2D eigenvalue weighted by molar-refractivity contribution is 7.71. The van der Waals surface area contributed by atoms with Gasteiger partial charge >= 0.3 is 0 Å². The van der Waals surface area contributed by atoms with Gasteiger partial charge in [-0.1, -0.05) is 12.1 Å². The van der Waals surface area contributed by atoms with E-state index in [1.807, 2.05) is 18.2 Å². The van der Waals surface area contributed by atoms with Crippen molar-refractivity contribution < 1.29 is 4.79 Å². The Morgan fingerprint density at radius 3 is 2.59 bits per heavy atom. The van der Waals surface area contributed by atoms with Gasteiger partial charge in [-0.2, -0.15) is 0 Å². The maximum absolute atomic E-state index is 12.8. The van der Waals surface area contributed by atoms with Gasteiger partial charge in [0.15, 0.2) is 9.90 Å². The quantitative estimate of drug-likeness (QED) is 0.518. The number of nitrogens with one attached hydrogen (secondary N) is 2. The number of aromatic nitrogens is 3. The third-order valence-corrected chi connectivity index (χ3v) is 8.86. The lowest BCUT2D eigenvalue weighted by molar-refractivity contribution is -0.116. The summed E-state index contributed by atoms with van der Waals surface area (Å²) in [5.74, 6) is 2.45. The molecule has 4 bridgehead atoms. The maximum Gasteiger partial charge on any atom is 0.262 e. The molecular formula is C24H26N4O2S2. The number of carbonyl (C=O) groups excluding carboxylic acids is 1. The summed E-state index contributed by atoms with van der Waals surface area (Å²) < 4.78 is 1.79. The summed E-state index contributed by atoms with van der Waals surface area (Å²) in [5, 5.41) is 6.34. The van der Waals surface area contributed by atoms with Crippen LogP contribution in [0.1, 0.15) is 50.6 Å². The van der Waals surface area contributed by atoms with Crippen molar-refractivity contribution in [3.8, 4) is 0 Å². The van der Waals surface area contributed by atoms with Crippen LogP contribution in [0.25, 0.3) is 10.9 Å². The lowest BCUT2D eigenvalue weighted by Crippen LogP contribution is -2.48. The smallest absolute Gasteiger partial charge is 0.262 e. The number of thiazole rings is 1. The van der Waals surface area contributed by atoms with Crippen LogP contribution in [-0.4, -0.2) is 20.4 Å². The zero-order chi connectivity index (χ0) is 21.9. The monoisotopic (exact) mass is 466 g/mol. The summed E-state index contributed by atoms with van der Waals surface area (Å²) in [5.41, 5.74) is 1.96. The number of hydrogen-bond donors (Lipinski definition) is 2. The number of hydrogen-bond acceptors (Lipinski definition) is 5. The van der Waals surface area contributed by atoms with E-state index in [1.165, 1.54) is 60.1 Å². The van der Waals surface area contributed by atoms with Gasteiger partial charge in [0.25, 0.3) is 5.56 Å². The molecule has 1 aromatic carbocycles. The molecule has 4 fully saturated rings. The first kappa shape index (κ1) is 20.3. The number of para-hydroxylation sites is 1. The summed E-state index contributed by atoms with van der Waals surface area (Å²) in [4.78, 5) is 33.3. The molecule has 0 saturated heterocycles. The highest BCUT2D eigenvalue weighted by Gasteiger charge is 2.52. The zero-order valence-corrected chi connectivity index (χ0v) is 19.4. The first-order valence-electron chi connectivity index (χ1n) is 11.5. The van der Waals surface area contributed by atoms with E-state index in [1.54, 1.807) is 6.07 Å². The van der Waals surface area contributed by atoms with Crippen molar-refractivity contribution in [1.82, 2.24) is 14.5 Å². The van der Waals surface area contributed by atoms with Gasteiger partial charge in [-0.05, 0) is 80.6 Å². The molecule has 32 heavy (non-hydrogen) atoms. The molecule has 0 aliphatic heterocycles. The number of anilines is 1. The number of H-pyrrole nitrogens is 1. The van der Waals surface area contributed by atoms with Crippen LogP contribution in [0.3, 0.4) is 0 Å². The van der Waals surface area contributed by atoms with Crippen molar-refractivity contribution in [3.05, 3.63) is 50.5 Å². The molecule has 4 aliphatic rings. The Morgan fingerprint density at radius 1 is 1.19 bits per heavy atom. The molecule has 6 nitrogen and oxygen atoms in total. The first-order valence-corrected chi connectivity index (χ1v) is 12.8. The van der Waals surface area contributed by atoms with Gasteiger partial charge in [0.2, 0.25) is 5.91 Å². The fraction of sp³-hybridized carbons (Fsp3) is 0.500. The molecule has 2 heterocycles. The Bertz CT molecular complexity index is 1290. The van der Waals surface area contributed by atoms with Gasteiger partial charge in [-0.25, -0.2) is 4.98 Å². The molecule has 8 heteroatoms. The number of nitrogens with zero attached hydrogens (tertiary/aromatic N) is 2. The molecule has 2 N–H and O–H groups in total. The Hall–Kier alpha value is -2.32. The number of fused-ring (bicyclic) bond motifs is 1. The Balaban J connectivity index is 1.15. The number of rotatable bonds is 5. The van der Waals surface area contributed by atoms with Crippen LogP contribution in [0.5, 0.6) is 0 Å². The molecule has 2 aromatic heterocycles. The standard InChI is InChI=1S/C24H26N4O2S2/c29-20(5-6-28-21(30)17-3-1-2-4-18(17)25-23(28)31)27-22-26-19(13-32-22)24-10-14-7-15(11-24)9-16(8-14)12-24/h1-4,13-16H,5-12H2,(H,25,31)(H,26,27,29). The van der Waals surface area contributed by atoms with Crippen molar-refractivity contribution >= 4 is 45.5 Å². The van der Waals surface area contributed by atoms with Crippen molar-refractivity contribution in [2.24, 2.45) is 17.8 Å². The Morgan fingerprint density at radius 2 is 1.88 bits per heavy atom. The van der Waals surface area contributed by atoms with Gasteiger partial charge < -0.3 is 10.3 Å². The molecule has 0 atom stereocenters. The third kappa shape index (κ3) is 3.44. The van der Waals surface area contributed by atoms with E-state index in [-0.39, 0.29) is 29.8 Å². The van der Waals surface area contributed by atoms with E-state index in [2.05, 4.69) is 15.7 Å². The van der Waals surface area contributed by atoms with E-state index in [0.29, 0.717) is 20.8 Å². The van der Waals surface area contributed by atoms with Crippen LogP contribution in [0, 0.1) is 22.5 Å². The fourth-order valence-corrected chi connectivity index (χ4v) is 7.93. The second kappa shape index (κ2) is 7.63. The zero-order valence-electron chi connectivity index (χ0n) is 17.8. The summed E-state index contributed by atoms with van der Waals surface area (Å²) in [6, 6.07) is 7.27. The van der Waals surface area contributed by atoms with Crippen LogP contribution in [0.4, 0.5) is 5.13 Å². The van der Waals surface area contributed by atoms with Gasteiger partial charge in [0.1, 0.15) is 0 Å². The molecule has 166 valence electrons. The number of benzene rings is 1. The Labute approximate surface area is 195 Å². The topological polar surface area (TPSA) is 79.8 Å². The van der Waals surface area contributed by atoms with Gasteiger partial charge in [0, 0.05) is 23.8 Å². The van der Waals surface area contributed by atoms with Crippen LogP contribution in [0.15, 0.2) is 34.4 Å². The molecule has 1 amide bonds. The summed E-state index contributed by atoms with van der Waals surface area (Å²) >= 11 is 6.86. The molecular weight excluding hydrogens is 440 g/mol. The van der Waals surface area contributed by atoms with Crippen LogP contribution < -0.4 is 10.9 Å². The number of carbonyl (C=O) groups is 1. The lowest BCUT2D eigenvalue weighted by Gasteiger charge is -2.56. The predicted octanol–water partition coefficient (Wildman–Crippen LogP) is 5.01. The molecule has 4 aliphatic carbocycles. The largest absolute Gasteiger partial charge is 0.332 e. The third-order valence-electron chi connectivity index (χ3n) is 7.78. The van der Waals surface area contributed by atoms with Crippen LogP contribution >= 0.6 is 23.6 Å². The molecule has 0 spiro atoms. The highest BCUT2D eigenvalue weighted by Crippen LogP contribution is 2.60. The van der Waals surface area contributed by atoms with E-state index >= 15 is 0 Å². The van der Waals surface area contributed by atoms with Crippen molar-refractivity contribution in [2.75, 3.05) is 5.32 Å². The molecule has 4 saturated carbocycles. The number of amides is 1. The summed E-state index contributed by atoms with van der Waals surface area (Å²) in [7, 11) is 0. The summed E-state index contributed by atoms with van der Waals surface area (Å²) in [6.07, 6.45) is 8.18. The summed E-state index contributed by atoms with van der Waals surface area (Å²) in [6.45, 7) is 0.234. The van der Waals surface area contributed by atoms with Crippen LogP contribution in [-0.2, 0) is 16.8 Å². The predicted molar refractivity (Wildman–Crippen MR) is 129 cm³/mol. The SMILES string of the molecule is O=C(CCn1c(=S)[nH]c2ccccc2c1=O)Nc1nc(C23CC4CC(CC(C4)C2)C3)cs1. The molecule has 7 rings (SSSR count). The van der Waals surface area contributed by atoms with Crippen molar-refractivity contribution in [3.63, 3.8) is 0 Å². The molecule has 0 radical (unpaired) electrons. The van der Waals surface area contributed by atoms with E-state index in [4.69, 9.17) is 17.2 Å². The molecule has 3 aromatic rings. The number of aromatic amines is 1. The van der Waals surface area contributed by atoms with Crippen LogP contribution in [0.2, 0.25) is 0 Å². The maximum atomic E-state index is 12.8. The molecule has 0 unspecified atom stereocenters. The Kier molecular flexibility index (Phi) is 4.84. The average molecular weight is 467 g/mol. The highest BCUT2D eigenvalue weighted by atomic mass is 32.1. The minimum atomic E-state index is -0.171. The van der Waals surface area contributed by atoms with E-state index < -0.39 is 0 Å². The van der Waals surface area contributed by atoms with Gasteiger partial charge in [-0.3, -0.25) is 14.2 Å². The van der Waals surface area contributed by atoms with E-state index in [9.17, 15) is 9.59 Å². The van der Waals surface area contributed by atoms with Crippen molar-refractivity contribution in [1.29, 1.82) is 0 Å². The fourth-order valence-electron chi connectivity index (χ4n) is 6.80. The van der Waals surface area contributed by atoms with Crippen molar-refractivity contribution in [2.45, 2.75) is 56.9 Å².